The summed E-state index contributed by atoms with van der Waals surface area (Å²) in [6, 6.07) is 45.9. The lowest BCUT2D eigenvalue weighted by atomic mass is 9.66. The zero-order valence-corrected chi connectivity index (χ0v) is 37.4. The number of pyridine rings is 1. The summed E-state index contributed by atoms with van der Waals surface area (Å²) in [7, 11) is 0. The summed E-state index contributed by atoms with van der Waals surface area (Å²) in [6.45, 7) is 21.4. The van der Waals surface area contributed by atoms with Crippen LogP contribution < -0.4 is 0 Å². The summed E-state index contributed by atoms with van der Waals surface area (Å²) in [6.07, 6.45) is 0.0571. The van der Waals surface area contributed by atoms with Crippen molar-refractivity contribution in [2.75, 3.05) is 0 Å². The van der Waals surface area contributed by atoms with Crippen LogP contribution in [-0.4, -0.2) is 25.6 Å². The van der Waals surface area contributed by atoms with Gasteiger partial charge in [-0.2, -0.15) is 0 Å². The number of aliphatic imine (C=N–C) groups is 1. The summed E-state index contributed by atoms with van der Waals surface area (Å²) in [4.78, 5) is 10.5. The van der Waals surface area contributed by atoms with Crippen LogP contribution in [-0.2, 0) is 22.1 Å². The van der Waals surface area contributed by atoms with Crippen LogP contribution in [0.3, 0.4) is 0 Å². The van der Waals surface area contributed by atoms with E-state index in [-0.39, 0.29) is 5.41 Å². The summed E-state index contributed by atoms with van der Waals surface area (Å²) in [5.74, 6) is 0.473. The van der Waals surface area contributed by atoms with Crippen molar-refractivity contribution in [2.45, 2.75) is 92.2 Å². The molecule has 0 saturated carbocycles. The Morgan fingerprint density at radius 3 is 2.13 bits per heavy atom. The molecule has 4 heterocycles. The monoisotopic (exact) mass is 812 g/mol. The van der Waals surface area contributed by atoms with Crippen molar-refractivity contribution in [2.24, 2.45) is 10.4 Å². The molecule has 62 heavy (non-hydrogen) atoms. The van der Waals surface area contributed by atoms with Crippen LogP contribution in [0.25, 0.3) is 66.2 Å². The molecule has 5 nitrogen and oxygen atoms in total. The number of hydrogen-bond donors (Lipinski definition) is 0. The normalized spacial score (nSPS) is 20.1. The highest BCUT2D eigenvalue weighted by molar-refractivity contribution is 6.12. The third-order valence-corrected chi connectivity index (χ3v) is 13.9. The summed E-state index contributed by atoms with van der Waals surface area (Å²) >= 11 is 0. The van der Waals surface area contributed by atoms with Gasteiger partial charge in [-0.05, 0) is 139 Å². The number of aromatic nitrogens is 3. The van der Waals surface area contributed by atoms with Crippen LogP contribution in [0.4, 0.5) is 0 Å². The van der Waals surface area contributed by atoms with Crippen molar-refractivity contribution in [3.63, 3.8) is 0 Å². The van der Waals surface area contributed by atoms with E-state index in [2.05, 4.69) is 194 Å². The molecule has 0 bridgehead atoms. The Balaban J connectivity index is 1.15. The lowest BCUT2D eigenvalue weighted by Crippen LogP contribution is -2.54. The zero-order valence-electron chi connectivity index (χ0n) is 39.4. The maximum absolute atomic E-state index is 9.93. The molecule has 9 aromatic rings. The molecule has 0 N–H and O–H groups in total. The Bertz CT molecular complexity index is 3470. The molecule has 2 atom stereocenters. The van der Waals surface area contributed by atoms with Gasteiger partial charge in [0.2, 0.25) is 5.90 Å². The molecule has 0 saturated heterocycles. The molecule has 1 aliphatic heterocycles. The van der Waals surface area contributed by atoms with Crippen LogP contribution >= 0.6 is 0 Å². The van der Waals surface area contributed by atoms with Crippen molar-refractivity contribution in [3.8, 4) is 22.5 Å². The molecular weight excluding hydrogens is 757 g/mol. The number of hydrogen-bond acceptors (Lipinski definition) is 3. The molecular formula is C57H54N4O. The van der Waals surface area contributed by atoms with Gasteiger partial charge in [-0.1, -0.05) is 108 Å². The van der Waals surface area contributed by atoms with Crippen LogP contribution in [0.5, 0.6) is 0 Å². The fraction of sp³-hybridized carbons (Fsp3) is 0.263. The average Bonchev–Trinajstić information content (AvgIpc) is 3.92. The van der Waals surface area contributed by atoms with E-state index in [1.165, 1.54) is 22.1 Å². The highest BCUT2D eigenvalue weighted by atomic mass is 16.5. The van der Waals surface area contributed by atoms with Crippen LogP contribution in [0.1, 0.15) is 90.2 Å². The maximum atomic E-state index is 9.93. The Hall–Kier alpha value is -6.46. The fourth-order valence-electron chi connectivity index (χ4n) is 10.4. The number of fused-ring (bicyclic) bond motifs is 9. The van der Waals surface area contributed by atoms with Crippen LogP contribution in [0.15, 0.2) is 139 Å². The van der Waals surface area contributed by atoms with E-state index in [1.807, 2.05) is 18.3 Å². The van der Waals surface area contributed by atoms with E-state index >= 15 is 0 Å². The predicted octanol–water partition coefficient (Wildman–Crippen LogP) is 14.2. The standard InChI is InChI=1S/C57H54N4O/c1-34-18-22-49-46(25-34)44-21-20-42(61-50-23-19-38(37-15-12-11-13-16-37)30-47(50)45-17-14-24-58-52(45)61)32-51(44)60(49)43-29-39(28-41(31-43)54(4,5)6)53-59-56(10)48-27-36(3)35(2)26-40(48)33-57(56,62-53)55(7,8)9/h11-32H,33H2,1-10H3/t56-,57-/m1/s1/i33D2. The van der Waals surface area contributed by atoms with Crippen LogP contribution in [0.2, 0.25) is 0 Å². The number of nitrogens with zero attached hydrogens (tertiary/aromatic N) is 4. The first-order valence-electron chi connectivity index (χ1n) is 22.9. The molecule has 2 aliphatic rings. The Morgan fingerprint density at radius 2 is 1.35 bits per heavy atom. The van der Waals surface area contributed by atoms with Crippen molar-refractivity contribution >= 4 is 49.6 Å². The Kier molecular flexibility index (Phi) is 7.61. The van der Waals surface area contributed by atoms with Crippen molar-refractivity contribution in [3.05, 3.63) is 173 Å². The minimum atomic E-state index is -1.82. The highest BCUT2D eigenvalue weighted by Crippen LogP contribution is 2.60. The van der Waals surface area contributed by atoms with Crippen molar-refractivity contribution in [1.82, 2.24) is 14.1 Å². The molecule has 0 fully saturated rings. The molecule has 0 amide bonds. The van der Waals surface area contributed by atoms with Gasteiger partial charge in [0.05, 0.1) is 16.6 Å². The van der Waals surface area contributed by atoms with Gasteiger partial charge in [0.15, 0.2) is 0 Å². The molecule has 11 rings (SSSR count). The lowest BCUT2D eigenvalue weighted by Gasteiger charge is -2.45. The SMILES string of the molecule is [2H]C1([2H])c2cc(C)c(C)cc2[C@@]2(C)N=C(c3cc(-n4c5ccc(C)cc5c5ccc(-n6c7ccc(-c8ccccc8)cc7c7cccnc76)cc54)cc(C(C)(C)C)c3)O[C@@]12C(C)(C)C. The number of ether oxygens (including phenoxy) is 1. The third-order valence-electron chi connectivity index (χ3n) is 13.9. The minimum Gasteiger partial charge on any atom is -0.467 e. The molecule has 0 unspecified atom stereocenters. The van der Waals surface area contributed by atoms with E-state index in [0.717, 1.165) is 77.5 Å². The second kappa shape index (κ2) is 13.0. The smallest absolute Gasteiger partial charge is 0.217 e. The molecule has 308 valence electrons. The van der Waals surface area contributed by atoms with E-state index in [0.29, 0.717) is 11.5 Å². The quantitative estimate of drug-likeness (QED) is 0.178. The van der Waals surface area contributed by atoms with E-state index in [9.17, 15) is 2.74 Å². The molecule has 3 aromatic heterocycles. The van der Waals surface area contributed by atoms with Gasteiger partial charge in [-0.15, -0.1) is 0 Å². The highest BCUT2D eigenvalue weighted by Gasteiger charge is 2.66. The van der Waals surface area contributed by atoms with E-state index in [1.54, 1.807) is 0 Å². The third kappa shape index (κ3) is 5.46. The number of rotatable bonds is 4. The fourth-order valence-corrected chi connectivity index (χ4v) is 10.4. The topological polar surface area (TPSA) is 44.3 Å². The zero-order chi connectivity index (χ0) is 44.9. The molecule has 1 aliphatic carbocycles. The first kappa shape index (κ1) is 36.2. The van der Waals surface area contributed by atoms with E-state index < -0.39 is 22.9 Å². The van der Waals surface area contributed by atoms with Crippen LogP contribution in [0, 0.1) is 26.2 Å². The van der Waals surface area contributed by atoms with Gasteiger partial charge in [0.25, 0.3) is 0 Å². The molecule has 0 spiro atoms. The van der Waals surface area contributed by atoms with Crippen molar-refractivity contribution < 1.29 is 7.48 Å². The summed E-state index contributed by atoms with van der Waals surface area (Å²) in [5, 5.41) is 4.60. The number of aryl methyl sites for hydroxylation is 3. The van der Waals surface area contributed by atoms with Gasteiger partial charge in [0, 0.05) is 59.2 Å². The molecule has 5 heteroatoms. The summed E-state index contributed by atoms with van der Waals surface area (Å²) < 4.78 is 31.8. The van der Waals surface area contributed by atoms with Gasteiger partial charge in [-0.3, -0.25) is 4.57 Å². The largest absolute Gasteiger partial charge is 0.467 e. The molecule has 6 aromatic carbocycles. The predicted molar refractivity (Wildman–Crippen MR) is 259 cm³/mol. The van der Waals surface area contributed by atoms with Gasteiger partial charge < -0.3 is 9.30 Å². The minimum absolute atomic E-state index is 0.227. The van der Waals surface area contributed by atoms with Gasteiger partial charge >= 0.3 is 0 Å². The van der Waals surface area contributed by atoms with Crippen molar-refractivity contribution in [1.29, 1.82) is 0 Å². The maximum Gasteiger partial charge on any atom is 0.217 e. The molecule has 0 radical (unpaired) electrons. The Labute approximate surface area is 367 Å². The summed E-state index contributed by atoms with van der Waals surface area (Å²) in [5.41, 5.74) is 12.3. The second-order valence-electron chi connectivity index (χ2n) is 20.0. The van der Waals surface area contributed by atoms with E-state index in [4.69, 9.17) is 14.7 Å². The average molecular weight is 813 g/mol. The second-order valence-corrected chi connectivity index (χ2v) is 20.0. The van der Waals surface area contributed by atoms with Gasteiger partial charge in [-0.25, -0.2) is 9.98 Å². The first-order valence-corrected chi connectivity index (χ1v) is 21.9. The van der Waals surface area contributed by atoms with Gasteiger partial charge in [0.1, 0.15) is 16.8 Å². The lowest BCUT2D eigenvalue weighted by molar-refractivity contribution is -0.0673. The first-order chi connectivity index (χ1) is 30.3. The number of benzene rings is 6. The Morgan fingerprint density at radius 1 is 0.613 bits per heavy atom.